The number of nitrogens with zero attached hydrogens (tertiary/aromatic N) is 2. The van der Waals surface area contributed by atoms with E-state index in [0.29, 0.717) is 11.4 Å². The number of hydrogen-bond donors (Lipinski definition) is 2. The highest BCUT2D eigenvalue weighted by Crippen LogP contribution is 2.20. The lowest BCUT2D eigenvalue weighted by atomic mass is 10.3. The minimum Gasteiger partial charge on any atom is -0.384 e. The zero-order valence-corrected chi connectivity index (χ0v) is 12.6. The molecule has 2 heterocycles. The Kier molecular flexibility index (Phi) is 5.06. The van der Waals surface area contributed by atoms with Gasteiger partial charge < -0.3 is 10.6 Å². The molecule has 104 valence electrons. The molecule has 6 heteroatoms. The van der Waals surface area contributed by atoms with Crippen LogP contribution in [0, 0.1) is 0 Å². The smallest absolute Gasteiger partial charge is 0.274 e. The van der Waals surface area contributed by atoms with E-state index in [9.17, 15) is 4.79 Å². The Morgan fingerprint density at radius 1 is 1.30 bits per heavy atom. The number of aromatic nitrogens is 2. The first-order valence-electron chi connectivity index (χ1n) is 6.31. The average Bonchev–Trinajstić information content (AvgIpc) is 2.48. The van der Waals surface area contributed by atoms with Gasteiger partial charge in [-0.15, -0.1) is 0 Å². The van der Waals surface area contributed by atoms with Crippen LogP contribution in [-0.4, -0.2) is 22.4 Å². The Bertz CT molecular complexity index is 586. The second-order valence-corrected chi connectivity index (χ2v) is 5.02. The number of amides is 1. The highest BCUT2D eigenvalue weighted by atomic mass is 79.9. The van der Waals surface area contributed by atoms with Crippen molar-refractivity contribution in [1.29, 1.82) is 0 Å². The lowest BCUT2D eigenvalue weighted by Gasteiger charge is -2.07. The van der Waals surface area contributed by atoms with E-state index in [-0.39, 0.29) is 5.91 Å². The maximum absolute atomic E-state index is 12.1. The minimum absolute atomic E-state index is 0.251. The number of anilines is 2. The van der Waals surface area contributed by atoms with Crippen LogP contribution >= 0.6 is 15.9 Å². The molecule has 0 unspecified atom stereocenters. The molecule has 20 heavy (non-hydrogen) atoms. The van der Waals surface area contributed by atoms with E-state index in [1.165, 1.54) is 0 Å². The van der Waals surface area contributed by atoms with Crippen molar-refractivity contribution in [3.63, 3.8) is 0 Å². The fraction of sp³-hybridized carbons (Fsp3) is 0.214. The van der Waals surface area contributed by atoms with Crippen molar-refractivity contribution in [2.75, 3.05) is 17.2 Å². The largest absolute Gasteiger partial charge is 0.384 e. The zero-order chi connectivity index (χ0) is 14.4. The van der Waals surface area contributed by atoms with Gasteiger partial charge in [0.2, 0.25) is 0 Å². The Balaban J connectivity index is 2.04. The third-order valence-electron chi connectivity index (χ3n) is 2.60. The van der Waals surface area contributed by atoms with E-state index >= 15 is 0 Å². The number of pyridine rings is 2. The van der Waals surface area contributed by atoms with Crippen molar-refractivity contribution < 1.29 is 4.79 Å². The van der Waals surface area contributed by atoms with E-state index < -0.39 is 0 Å². The van der Waals surface area contributed by atoms with Crippen LogP contribution in [0.5, 0.6) is 0 Å². The summed E-state index contributed by atoms with van der Waals surface area (Å²) in [5.74, 6) is -0.251. The van der Waals surface area contributed by atoms with Crippen LogP contribution < -0.4 is 10.6 Å². The molecule has 2 aromatic rings. The van der Waals surface area contributed by atoms with Gasteiger partial charge in [0.25, 0.3) is 5.91 Å². The van der Waals surface area contributed by atoms with E-state index in [2.05, 4.69) is 43.5 Å². The first-order valence-corrected chi connectivity index (χ1v) is 7.11. The number of carbonyl (C=O) groups is 1. The monoisotopic (exact) mass is 334 g/mol. The third kappa shape index (κ3) is 3.77. The summed E-state index contributed by atoms with van der Waals surface area (Å²) in [6.07, 6.45) is 5.94. The summed E-state index contributed by atoms with van der Waals surface area (Å²) in [6.45, 7) is 2.98. The standard InChI is InChI=1S/C14H15BrN4O/c1-2-6-17-10-3-4-13(18-8-10)14(20)19-12-5-7-16-9-11(12)15/h3-5,7-9,17H,2,6H2,1H3,(H,16,19,20). The number of rotatable bonds is 5. The summed E-state index contributed by atoms with van der Waals surface area (Å²) in [5.41, 5.74) is 1.95. The molecule has 2 rings (SSSR count). The molecule has 0 aliphatic carbocycles. The normalized spacial score (nSPS) is 10.1. The first-order chi connectivity index (χ1) is 9.70. The average molecular weight is 335 g/mol. The molecule has 0 aliphatic heterocycles. The fourth-order valence-electron chi connectivity index (χ4n) is 1.57. The highest BCUT2D eigenvalue weighted by molar-refractivity contribution is 9.10. The van der Waals surface area contributed by atoms with Crippen molar-refractivity contribution in [2.24, 2.45) is 0 Å². The lowest BCUT2D eigenvalue weighted by molar-refractivity contribution is 0.102. The lowest BCUT2D eigenvalue weighted by Crippen LogP contribution is -2.14. The third-order valence-corrected chi connectivity index (χ3v) is 3.23. The quantitative estimate of drug-likeness (QED) is 0.880. The molecule has 5 nitrogen and oxygen atoms in total. The van der Waals surface area contributed by atoms with Gasteiger partial charge in [-0.25, -0.2) is 4.98 Å². The summed E-state index contributed by atoms with van der Waals surface area (Å²) in [5, 5.41) is 5.99. The van der Waals surface area contributed by atoms with Gasteiger partial charge >= 0.3 is 0 Å². The number of carbonyl (C=O) groups excluding carboxylic acids is 1. The van der Waals surface area contributed by atoms with E-state index in [1.54, 1.807) is 30.7 Å². The van der Waals surface area contributed by atoms with Gasteiger partial charge in [0.05, 0.1) is 22.0 Å². The Labute approximate surface area is 126 Å². The van der Waals surface area contributed by atoms with Crippen molar-refractivity contribution in [3.8, 4) is 0 Å². The van der Waals surface area contributed by atoms with Crippen LogP contribution in [0.1, 0.15) is 23.8 Å². The van der Waals surface area contributed by atoms with Gasteiger partial charge in [-0.1, -0.05) is 6.92 Å². The van der Waals surface area contributed by atoms with Crippen LogP contribution in [0.3, 0.4) is 0 Å². The maximum Gasteiger partial charge on any atom is 0.274 e. The molecule has 2 N–H and O–H groups in total. The molecule has 0 aliphatic rings. The van der Waals surface area contributed by atoms with Crippen LogP contribution in [0.2, 0.25) is 0 Å². The molecular weight excluding hydrogens is 320 g/mol. The predicted molar refractivity (Wildman–Crippen MR) is 82.9 cm³/mol. The van der Waals surface area contributed by atoms with Crippen LogP contribution in [0.4, 0.5) is 11.4 Å². The van der Waals surface area contributed by atoms with Crippen LogP contribution in [0.25, 0.3) is 0 Å². The topological polar surface area (TPSA) is 66.9 Å². The summed E-state index contributed by atoms with van der Waals surface area (Å²) in [4.78, 5) is 20.2. The van der Waals surface area contributed by atoms with Crippen molar-refractivity contribution in [1.82, 2.24) is 9.97 Å². The molecule has 1 amide bonds. The van der Waals surface area contributed by atoms with Crippen molar-refractivity contribution in [2.45, 2.75) is 13.3 Å². The molecule has 0 bridgehead atoms. The summed E-state index contributed by atoms with van der Waals surface area (Å²) in [6, 6.07) is 5.26. The highest BCUT2D eigenvalue weighted by Gasteiger charge is 2.09. The molecule has 0 saturated carbocycles. The SMILES string of the molecule is CCCNc1ccc(C(=O)Nc2ccncc2Br)nc1. The first kappa shape index (κ1) is 14.5. The predicted octanol–water partition coefficient (Wildman–Crippen LogP) is 3.31. The van der Waals surface area contributed by atoms with Gasteiger partial charge in [-0.2, -0.15) is 0 Å². The minimum atomic E-state index is -0.251. The number of hydrogen-bond acceptors (Lipinski definition) is 4. The van der Waals surface area contributed by atoms with Gasteiger partial charge in [0.1, 0.15) is 5.69 Å². The summed E-state index contributed by atoms with van der Waals surface area (Å²) in [7, 11) is 0. The van der Waals surface area contributed by atoms with Crippen molar-refractivity contribution in [3.05, 3.63) is 47.0 Å². The molecule has 0 aromatic carbocycles. The second kappa shape index (κ2) is 7.00. The molecule has 2 aromatic heterocycles. The zero-order valence-electron chi connectivity index (χ0n) is 11.1. The molecular formula is C14H15BrN4O. The number of nitrogens with one attached hydrogen (secondary N) is 2. The fourth-order valence-corrected chi connectivity index (χ4v) is 1.91. The molecule has 0 radical (unpaired) electrons. The number of halogens is 1. The van der Waals surface area contributed by atoms with Crippen molar-refractivity contribution >= 4 is 33.2 Å². The Morgan fingerprint density at radius 3 is 2.80 bits per heavy atom. The molecule has 0 spiro atoms. The Hall–Kier alpha value is -1.95. The van der Waals surface area contributed by atoms with E-state index in [0.717, 1.165) is 23.1 Å². The molecule has 0 saturated heterocycles. The summed E-state index contributed by atoms with van der Waals surface area (Å²) < 4.78 is 0.731. The van der Waals surface area contributed by atoms with E-state index in [4.69, 9.17) is 0 Å². The van der Waals surface area contributed by atoms with Gasteiger partial charge in [-0.3, -0.25) is 9.78 Å². The van der Waals surface area contributed by atoms with Crippen LogP contribution in [0.15, 0.2) is 41.3 Å². The van der Waals surface area contributed by atoms with Gasteiger partial charge in [0.15, 0.2) is 0 Å². The van der Waals surface area contributed by atoms with Gasteiger partial charge in [0, 0.05) is 18.9 Å². The summed E-state index contributed by atoms with van der Waals surface area (Å²) >= 11 is 3.33. The maximum atomic E-state index is 12.1. The van der Waals surface area contributed by atoms with Crippen LogP contribution in [-0.2, 0) is 0 Å². The van der Waals surface area contributed by atoms with E-state index in [1.807, 2.05) is 6.07 Å². The van der Waals surface area contributed by atoms with Gasteiger partial charge in [-0.05, 0) is 40.5 Å². The molecule has 0 fully saturated rings. The second-order valence-electron chi connectivity index (χ2n) is 4.17. The Morgan fingerprint density at radius 2 is 2.15 bits per heavy atom. The molecule has 0 atom stereocenters.